The number of piperidine rings is 1. The van der Waals surface area contributed by atoms with Crippen LogP contribution in [0.2, 0.25) is 0 Å². The van der Waals surface area contributed by atoms with E-state index in [9.17, 15) is 9.90 Å². The molecule has 0 unspecified atom stereocenters. The molecule has 1 fully saturated rings. The molecular formula is C20H31FN2O3. The summed E-state index contributed by atoms with van der Waals surface area (Å²) in [7, 11) is 0. The summed E-state index contributed by atoms with van der Waals surface area (Å²) < 4.78 is 20.5. The number of aliphatic hydroxyl groups excluding tert-OH is 1. The SMILES string of the molecule is CC(C)Nc1ccc(CO)c(C2CCN(C(=O)OC(C)(C)C)CC2)c1F. The summed E-state index contributed by atoms with van der Waals surface area (Å²) >= 11 is 0. The molecule has 0 aromatic heterocycles. The molecule has 1 heterocycles. The van der Waals surface area contributed by atoms with Crippen LogP contribution in [0.15, 0.2) is 12.1 Å². The molecule has 1 aromatic carbocycles. The van der Waals surface area contributed by atoms with Gasteiger partial charge in [-0.25, -0.2) is 9.18 Å². The number of nitrogens with one attached hydrogen (secondary N) is 1. The number of halogens is 1. The van der Waals surface area contributed by atoms with Crippen LogP contribution in [0.5, 0.6) is 0 Å². The molecular weight excluding hydrogens is 335 g/mol. The lowest BCUT2D eigenvalue weighted by molar-refractivity contribution is 0.0204. The monoisotopic (exact) mass is 366 g/mol. The Morgan fingerprint density at radius 3 is 2.46 bits per heavy atom. The van der Waals surface area contributed by atoms with Gasteiger partial charge in [0.2, 0.25) is 0 Å². The molecule has 5 nitrogen and oxygen atoms in total. The molecule has 1 amide bonds. The minimum atomic E-state index is -0.527. The second-order valence-corrected chi connectivity index (χ2v) is 8.20. The van der Waals surface area contributed by atoms with Crippen LogP contribution in [-0.4, -0.2) is 40.8 Å². The topological polar surface area (TPSA) is 61.8 Å². The standard InChI is InChI=1S/C20H31FN2O3/c1-13(2)22-16-7-6-15(12-24)17(18(16)21)14-8-10-23(11-9-14)19(25)26-20(3,4)5/h6-7,13-14,22,24H,8-12H2,1-5H3. The largest absolute Gasteiger partial charge is 0.444 e. The second kappa shape index (κ2) is 8.25. The van der Waals surface area contributed by atoms with Gasteiger partial charge in [0.05, 0.1) is 12.3 Å². The van der Waals surface area contributed by atoms with Crippen LogP contribution in [0.25, 0.3) is 0 Å². The Bertz CT molecular complexity index is 633. The average Bonchev–Trinajstić information content (AvgIpc) is 2.54. The number of ether oxygens (including phenoxy) is 1. The van der Waals surface area contributed by atoms with E-state index in [0.717, 1.165) is 0 Å². The van der Waals surface area contributed by atoms with Crippen molar-refractivity contribution in [1.29, 1.82) is 0 Å². The number of carbonyl (C=O) groups excluding carboxylic acids is 1. The molecule has 0 atom stereocenters. The number of aliphatic hydroxyl groups is 1. The van der Waals surface area contributed by atoms with Crippen LogP contribution in [0.1, 0.15) is 64.5 Å². The normalized spacial score (nSPS) is 16.1. The number of likely N-dealkylation sites (tertiary alicyclic amines) is 1. The van der Waals surface area contributed by atoms with Crippen molar-refractivity contribution in [2.24, 2.45) is 0 Å². The predicted molar refractivity (Wildman–Crippen MR) is 101 cm³/mol. The molecule has 1 saturated heterocycles. The summed E-state index contributed by atoms with van der Waals surface area (Å²) in [6.07, 6.45) is 0.969. The molecule has 0 saturated carbocycles. The summed E-state index contributed by atoms with van der Waals surface area (Å²) in [6, 6.07) is 3.58. The second-order valence-electron chi connectivity index (χ2n) is 8.20. The van der Waals surface area contributed by atoms with Gasteiger partial charge in [0.1, 0.15) is 11.4 Å². The quantitative estimate of drug-likeness (QED) is 0.836. The van der Waals surface area contributed by atoms with Gasteiger partial charge in [-0.05, 0) is 70.6 Å². The van der Waals surface area contributed by atoms with Crippen LogP contribution in [0, 0.1) is 5.82 Å². The summed E-state index contributed by atoms with van der Waals surface area (Å²) in [6.45, 7) is 10.3. The lowest BCUT2D eigenvalue weighted by atomic mass is 9.85. The van der Waals surface area contributed by atoms with E-state index in [1.807, 2.05) is 34.6 Å². The fraction of sp³-hybridized carbons (Fsp3) is 0.650. The van der Waals surface area contributed by atoms with Crippen molar-refractivity contribution in [3.8, 4) is 0 Å². The average molecular weight is 366 g/mol. The third-order valence-electron chi connectivity index (χ3n) is 4.44. The number of hydrogen-bond donors (Lipinski definition) is 2. The van der Waals surface area contributed by atoms with Gasteiger partial charge in [-0.1, -0.05) is 6.07 Å². The first-order valence-corrected chi connectivity index (χ1v) is 9.29. The fourth-order valence-corrected chi connectivity index (χ4v) is 3.31. The molecule has 0 aliphatic carbocycles. The number of nitrogens with zero attached hydrogens (tertiary/aromatic N) is 1. The molecule has 2 rings (SSSR count). The Morgan fingerprint density at radius 1 is 1.35 bits per heavy atom. The van der Waals surface area contributed by atoms with Crippen LogP contribution in [0.4, 0.5) is 14.9 Å². The Labute approximate surface area is 155 Å². The summed E-state index contributed by atoms with van der Waals surface area (Å²) in [4.78, 5) is 13.9. The molecule has 1 aromatic rings. The van der Waals surface area contributed by atoms with Crippen molar-refractivity contribution in [2.45, 2.75) is 71.6 Å². The minimum absolute atomic E-state index is 0.0234. The van der Waals surface area contributed by atoms with Crippen molar-refractivity contribution in [3.05, 3.63) is 29.1 Å². The first-order chi connectivity index (χ1) is 12.1. The third-order valence-corrected chi connectivity index (χ3v) is 4.44. The highest BCUT2D eigenvalue weighted by molar-refractivity contribution is 5.68. The van der Waals surface area contributed by atoms with Crippen LogP contribution < -0.4 is 5.32 Å². The number of hydrogen-bond acceptors (Lipinski definition) is 4. The zero-order valence-corrected chi connectivity index (χ0v) is 16.4. The van der Waals surface area contributed by atoms with Crippen LogP contribution in [-0.2, 0) is 11.3 Å². The molecule has 1 aliphatic heterocycles. The van der Waals surface area contributed by atoms with Crippen molar-refractivity contribution in [3.63, 3.8) is 0 Å². The Balaban J connectivity index is 2.14. The summed E-state index contributed by atoms with van der Waals surface area (Å²) in [5.74, 6) is -0.314. The molecule has 26 heavy (non-hydrogen) atoms. The number of amides is 1. The van der Waals surface area contributed by atoms with E-state index in [1.54, 1.807) is 17.0 Å². The first kappa shape index (κ1) is 20.5. The molecule has 0 bridgehead atoms. The van der Waals surface area contributed by atoms with Gasteiger partial charge in [0.15, 0.2) is 0 Å². The van der Waals surface area contributed by atoms with Gasteiger partial charge in [-0.3, -0.25) is 0 Å². The van der Waals surface area contributed by atoms with E-state index < -0.39 is 5.60 Å². The summed E-state index contributed by atoms with van der Waals surface area (Å²) in [5.41, 5.74) is 1.12. The molecule has 1 aliphatic rings. The number of rotatable bonds is 4. The fourth-order valence-electron chi connectivity index (χ4n) is 3.31. The van der Waals surface area contributed by atoms with Gasteiger partial charge in [-0.2, -0.15) is 0 Å². The maximum Gasteiger partial charge on any atom is 0.410 e. The van der Waals surface area contributed by atoms with Gasteiger partial charge in [0, 0.05) is 19.1 Å². The summed E-state index contributed by atoms with van der Waals surface area (Å²) in [5, 5.41) is 12.8. The van der Waals surface area contributed by atoms with Gasteiger partial charge in [0.25, 0.3) is 0 Å². The molecule has 2 N–H and O–H groups in total. The smallest absolute Gasteiger partial charge is 0.410 e. The lowest BCUT2D eigenvalue weighted by Crippen LogP contribution is -2.41. The van der Waals surface area contributed by atoms with Crippen molar-refractivity contribution < 1.29 is 19.0 Å². The van der Waals surface area contributed by atoms with Crippen molar-refractivity contribution >= 4 is 11.8 Å². The van der Waals surface area contributed by atoms with Crippen molar-refractivity contribution in [1.82, 2.24) is 4.90 Å². The zero-order chi connectivity index (χ0) is 19.5. The Kier molecular flexibility index (Phi) is 6.50. The third kappa shape index (κ3) is 5.10. The van der Waals surface area contributed by atoms with Gasteiger partial charge < -0.3 is 20.1 Å². The van der Waals surface area contributed by atoms with Gasteiger partial charge >= 0.3 is 6.09 Å². The van der Waals surface area contributed by atoms with E-state index in [-0.39, 0.29) is 30.5 Å². The van der Waals surface area contributed by atoms with E-state index in [2.05, 4.69) is 5.32 Å². The van der Waals surface area contributed by atoms with E-state index in [1.165, 1.54) is 0 Å². The zero-order valence-electron chi connectivity index (χ0n) is 16.4. The van der Waals surface area contributed by atoms with Crippen molar-refractivity contribution in [2.75, 3.05) is 18.4 Å². The molecule has 146 valence electrons. The Hall–Kier alpha value is -1.82. The van der Waals surface area contributed by atoms with Crippen LogP contribution in [0.3, 0.4) is 0 Å². The molecule has 0 spiro atoms. The lowest BCUT2D eigenvalue weighted by Gasteiger charge is -2.34. The number of benzene rings is 1. The van der Waals surface area contributed by atoms with Gasteiger partial charge in [-0.15, -0.1) is 0 Å². The highest BCUT2D eigenvalue weighted by atomic mass is 19.1. The maximum absolute atomic E-state index is 15.1. The number of carbonyl (C=O) groups is 1. The maximum atomic E-state index is 15.1. The highest BCUT2D eigenvalue weighted by Crippen LogP contribution is 2.35. The minimum Gasteiger partial charge on any atom is -0.444 e. The number of anilines is 1. The van der Waals surface area contributed by atoms with E-state index in [0.29, 0.717) is 42.7 Å². The van der Waals surface area contributed by atoms with Crippen LogP contribution >= 0.6 is 0 Å². The molecule has 6 heteroatoms. The van der Waals surface area contributed by atoms with E-state index >= 15 is 4.39 Å². The predicted octanol–water partition coefficient (Wildman–Crippen LogP) is 4.25. The van der Waals surface area contributed by atoms with E-state index in [4.69, 9.17) is 4.74 Å². The highest BCUT2D eigenvalue weighted by Gasteiger charge is 2.30. The Morgan fingerprint density at radius 2 is 1.96 bits per heavy atom. The molecule has 0 radical (unpaired) electrons. The first-order valence-electron chi connectivity index (χ1n) is 9.29.